The van der Waals surface area contributed by atoms with Crippen LogP contribution in [0.15, 0.2) is 46.9 Å². The van der Waals surface area contributed by atoms with Crippen LogP contribution in [-0.2, 0) is 10.4 Å². The van der Waals surface area contributed by atoms with Crippen LogP contribution in [0.2, 0.25) is 0 Å². The largest absolute Gasteiger partial charge is 0.375 e. The van der Waals surface area contributed by atoms with E-state index in [1.807, 2.05) is 13.0 Å². The fourth-order valence-corrected chi connectivity index (χ4v) is 3.01. The molecular formula is C17H14BrNO3. The molecule has 3 rings (SSSR count). The monoisotopic (exact) mass is 359 g/mol. The van der Waals surface area contributed by atoms with Crippen molar-refractivity contribution in [1.29, 1.82) is 0 Å². The van der Waals surface area contributed by atoms with Gasteiger partial charge in [0.1, 0.15) is 0 Å². The van der Waals surface area contributed by atoms with Crippen LogP contribution in [0.5, 0.6) is 0 Å². The highest BCUT2D eigenvalue weighted by Gasteiger charge is 2.46. The predicted octanol–water partition coefficient (Wildman–Crippen LogP) is 3.17. The second-order valence-corrected chi connectivity index (χ2v) is 6.39. The van der Waals surface area contributed by atoms with Gasteiger partial charge in [-0.3, -0.25) is 9.59 Å². The third kappa shape index (κ3) is 2.46. The van der Waals surface area contributed by atoms with Crippen LogP contribution in [0.3, 0.4) is 0 Å². The maximum absolute atomic E-state index is 12.4. The molecule has 0 fully saturated rings. The van der Waals surface area contributed by atoms with E-state index in [-0.39, 0.29) is 12.2 Å². The number of rotatable bonds is 3. The number of amides is 1. The van der Waals surface area contributed by atoms with Crippen LogP contribution in [-0.4, -0.2) is 16.8 Å². The molecule has 1 unspecified atom stereocenters. The van der Waals surface area contributed by atoms with Gasteiger partial charge in [-0.05, 0) is 31.2 Å². The van der Waals surface area contributed by atoms with E-state index >= 15 is 0 Å². The quantitative estimate of drug-likeness (QED) is 0.827. The lowest BCUT2D eigenvalue weighted by molar-refractivity contribution is -0.133. The van der Waals surface area contributed by atoms with Crippen LogP contribution in [0.25, 0.3) is 0 Å². The van der Waals surface area contributed by atoms with Crippen LogP contribution < -0.4 is 5.32 Å². The molecular weight excluding hydrogens is 346 g/mol. The van der Waals surface area contributed by atoms with E-state index in [4.69, 9.17) is 0 Å². The second kappa shape index (κ2) is 5.34. The Kier molecular flexibility index (Phi) is 3.62. The number of benzene rings is 2. The van der Waals surface area contributed by atoms with E-state index in [2.05, 4.69) is 21.2 Å². The molecule has 4 nitrogen and oxygen atoms in total. The summed E-state index contributed by atoms with van der Waals surface area (Å²) in [6.07, 6.45) is -0.286. The topological polar surface area (TPSA) is 66.4 Å². The third-order valence-corrected chi connectivity index (χ3v) is 4.30. The van der Waals surface area contributed by atoms with E-state index in [9.17, 15) is 14.7 Å². The number of anilines is 1. The van der Waals surface area contributed by atoms with Crippen molar-refractivity contribution in [2.45, 2.75) is 18.9 Å². The van der Waals surface area contributed by atoms with Crippen molar-refractivity contribution in [3.63, 3.8) is 0 Å². The van der Waals surface area contributed by atoms with Crippen molar-refractivity contribution >= 4 is 33.3 Å². The van der Waals surface area contributed by atoms with Crippen molar-refractivity contribution < 1.29 is 14.7 Å². The number of hydrogen-bond acceptors (Lipinski definition) is 3. The fraction of sp³-hybridized carbons (Fsp3) is 0.176. The van der Waals surface area contributed by atoms with Crippen LogP contribution in [0.1, 0.15) is 27.9 Å². The van der Waals surface area contributed by atoms with Gasteiger partial charge in [0, 0.05) is 21.3 Å². The zero-order valence-corrected chi connectivity index (χ0v) is 13.5. The molecule has 5 heteroatoms. The predicted molar refractivity (Wildman–Crippen MR) is 86.8 cm³/mol. The molecule has 1 amide bonds. The Labute approximate surface area is 136 Å². The van der Waals surface area contributed by atoms with Gasteiger partial charge in [0.2, 0.25) is 0 Å². The molecule has 1 atom stereocenters. The number of Topliss-reactive ketones (excluding diaryl/α,β-unsaturated/α-hetero) is 1. The summed E-state index contributed by atoms with van der Waals surface area (Å²) in [5, 5.41) is 13.4. The van der Waals surface area contributed by atoms with Gasteiger partial charge in [0.05, 0.1) is 6.42 Å². The lowest BCUT2D eigenvalue weighted by atomic mass is 9.88. The number of nitrogens with one attached hydrogen (secondary N) is 1. The number of hydrogen-bond donors (Lipinski definition) is 2. The lowest BCUT2D eigenvalue weighted by Gasteiger charge is -2.20. The van der Waals surface area contributed by atoms with Crippen molar-refractivity contribution in [1.82, 2.24) is 0 Å². The van der Waals surface area contributed by atoms with E-state index in [0.717, 1.165) is 10.0 Å². The smallest absolute Gasteiger partial charge is 0.261 e. The van der Waals surface area contributed by atoms with Gasteiger partial charge in [-0.25, -0.2) is 0 Å². The summed E-state index contributed by atoms with van der Waals surface area (Å²) in [6, 6.07) is 12.2. The Morgan fingerprint density at radius 2 is 2.05 bits per heavy atom. The summed E-state index contributed by atoms with van der Waals surface area (Å²) < 4.78 is 0.740. The second-order valence-electron chi connectivity index (χ2n) is 5.47. The fourth-order valence-electron chi connectivity index (χ4n) is 2.64. The van der Waals surface area contributed by atoms with Gasteiger partial charge in [0.15, 0.2) is 11.4 Å². The standard InChI is InChI=1S/C17H14BrNO3/c1-10-3-2-4-11(7-10)15(20)9-17(22)13-8-12(18)5-6-14(13)19-16(17)21/h2-8,22H,9H2,1H3,(H,19,21). The van der Waals surface area contributed by atoms with Crippen LogP contribution in [0, 0.1) is 6.92 Å². The maximum atomic E-state index is 12.4. The highest BCUT2D eigenvalue weighted by Crippen LogP contribution is 2.40. The number of fused-ring (bicyclic) bond motifs is 1. The van der Waals surface area contributed by atoms with Crippen molar-refractivity contribution in [3.8, 4) is 0 Å². The average molecular weight is 360 g/mol. The molecule has 0 spiro atoms. The first-order valence-corrected chi connectivity index (χ1v) is 7.63. The summed E-state index contributed by atoms with van der Waals surface area (Å²) in [6.45, 7) is 1.89. The van der Waals surface area contributed by atoms with Gasteiger partial charge >= 0.3 is 0 Å². The number of carbonyl (C=O) groups is 2. The van der Waals surface area contributed by atoms with E-state index in [1.165, 1.54) is 0 Å². The molecule has 1 heterocycles. The molecule has 0 bridgehead atoms. The molecule has 2 aromatic rings. The minimum atomic E-state index is -1.83. The van der Waals surface area contributed by atoms with Gasteiger partial charge in [-0.2, -0.15) is 0 Å². The zero-order valence-electron chi connectivity index (χ0n) is 11.9. The number of carbonyl (C=O) groups excluding carboxylic acids is 2. The summed E-state index contributed by atoms with van der Waals surface area (Å²) in [4.78, 5) is 24.6. The number of aryl methyl sites for hydroxylation is 1. The van der Waals surface area contributed by atoms with Crippen LogP contribution in [0.4, 0.5) is 5.69 Å². The van der Waals surface area contributed by atoms with Crippen molar-refractivity contribution in [2.24, 2.45) is 0 Å². The molecule has 1 aliphatic heterocycles. The number of ketones is 1. The van der Waals surface area contributed by atoms with Crippen molar-refractivity contribution in [2.75, 3.05) is 5.32 Å². The van der Waals surface area contributed by atoms with E-state index in [0.29, 0.717) is 16.8 Å². The minimum Gasteiger partial charge on any atom is -0.375 e. The highest BCUT2D eigenvalue weighted by molar-refractivity contribution is 9.10. The molecule has 0 aromatic heterocycles. The first kappa shape index (κ1) is 14.9. The SMILES string of the molecule is Cc1cccc(C(=O)CC2(O)C(=O)Nc3ccc(Br)cc32)c1. The maximum Gasteiger partial charge on any atom is 0.261 e. The Bertz CT molecular complexity index is 787. The highest BCUT2D eigenvalue weighted by atomic mass is 79.9. The Hall–Kier alpha value is -1.98. The Morgan fingerprint density at radius 3 is 2.77 bits per heavy atom. The average Bonchev–Trinajstić information content (AvgIpc) is 2.71. The van der Waals surface area contributed by atoms with E-state index < -0.39 is 11.5 Å². The van der Waals surface area contributed by atoms with Gasteiger partial charge < -0.3 is 10.4 Å². The van der Waals surface area contributed by atoms with Gasteiger partial charge in [-0.1, -0.05) is 39.7 Å². The molecule has 0 saturated heterocycles. The first-order chi connectivity index (χ1) is 10.4. The third-order valence-electron chi connectivity index (χ3n) is 3.81. The first-order valence-electron chi connectivity index (χ1n) is 6.84. The molecule has 2 aromatic carbocycles. The van der Waals surface area contributed by atoms with Crippen molar-refractivity contribution in [3.05, 3.63) is 63.6 Å². The molecule has 1 aliphatic rings. The number of aliphatic hydroxyl groups is 1. The minimum absolute atomic E-state index is 0.269. The van der Waals surface area contributed by atoms with E-state index in [1.54, 1.807) is 36.4 Å². The summed E-state index contributed by atoms with van der Waals surface area (Å²) in [5.74, 6) is -0.837. The van der Waals surface area contributed by atoms with Gasteiger partial charge in [0.25, 0.3) is 5.91 Å². The Balaban J connectivity index is 1.96. The van der Waals surface area contributed by atoms with Gasteiger partial charge in [-0.15, -0.1) is 0 Å². The molecule has 112 valence electrons. The summed E-state index contributed by atoms with van der Waals surface area (Å²) >= 11 is 3.32. The molecule has 2 N–H and O–H groups in total. The molecule has 22 heavy (non-hydrogen) atoms. The Morgan fingerprint density at radius 1 is 1.27 bits per heavy atom. The normalized spacial score (nSPS) is 19.7. The zero-order chi connectivity index (χ0) is 15.9. The lowest BCUT2D eigenvalue weighted by Crippen LogP contribution is -2.36. The molecule has 0 saturated carbocycles. The molecule has 0 aliphatic carbocycles. The summed E-state index contributed by atoms with van der Waals surface area (Å²) in [5.41, 5.74) is 0.571. The van der Waals surface area contributed by atoms with Crippen LogP contribution >= 0.6 is 15.9 Å². The molecule has 0 radical (unpaired) electrons. The number of halogens is 1. The summed E-state index contributed by atoms with van der Waals surface area (Å²) in [7, 11) is 0.